The number of hydrogen-bond donors (Lipinski definition) is 0. The molecule has 0 unspecified atom stereocenters. The molecule has 2 aromatic heterocycles. The molecule has 0 radical (unpaired) electrons. The lowest BCUT2D eigenvalue weighted by atomic mass is 10.0. The second-order valence-electron chi connectivity index (χ2n) is 6.99. The van der Waals surface area contributed by atoms with Crippen molar-refractivity contribution in [3.8, 4) is 11.4 Å². The van der Waals surface area contributed by atoms with Crippen LogP contribution >= 0.6 is 0 Å². The number of piperidine rings is 1. The molecule has 1 aliphatic heterocycles. The minimum atomic E-state index is 0.126. The van der Waals surface area contributed by atoms with Crippen LogP contribution < -0.4 is 0 Å². The molecule has 0 bridgehead atoms. The fourth-order valence-corrected chi connectivity index (χ4v) is 3.88. The molecule has 1 aliphatic rings. The molecule has 0 saturated carbocycles. The lowest BCUT2D eigenvalue weighted by Gasteiger charge is -2.34. The molecule has 134 valence electrons. The van der Waals surface area contributed by atoms with Gasteiger partial charge in [-0.1, -0.05) is 30.3 Å². The highest BCUT2D eigenvalue weighted by Gasteiger charge is 2.27. The number of aryl methyl sites for hydroxylation is 2. The Hall–Kier alpha value is -2.82. The second kappa shape index (κ2) is 6.83. The van der Waals surface area contributed by atoms with Gasteiger partial charge in [-0.05, 0) is 31.9 Å². The number of aromatic nitrogens is 3. The summed E-state index contributed by atoms with van der Waals surface area (Å²) in [6, 6.07) is 14.5. The molecule has 5 nitrogen and oxygen atoms in total. The Balaban J connectivity index is 1.52. The fraction of sp³-hybridized carbons (Fsp3) is 0.333. The summed E-state index contributed by atoms with van der Waals surface area (Å²) >= 11 is 0. The van der Waals surface area contributed by atoms with Crippen LogP contribution in [0.1, 0.15) is 35.1 Å². The lowest BCUT2D eigenvalue weighted by Crippen LogP contribution is -2.40. The molecule has 3 heterocycles. The fourth-order valence-electron chi connectivity index (χ4n) is 3.88. The Morgan fingerprint density at radius 3 is 2.46 bits per heavy atom. The van der Waals surface area contributed by atoms with Crippen LogP contribution in [-0.4, -0.2) is 38.0 Å². The molecule has 1 aromatic carbocycles. The van der Waals surface area contributed by atoms with Crippen LogP contribution in [0.3, 0.4) is 0 Å². The molecule has 0 atom stereocenters. The second-order valence-corrected chi connectivity index (χ2v) is 6.99. The molecule has 5 heteroatoms. The molecule has 4 rings (SSSR count). The van der Waals surface area contributed by atoms with Gasteiger partial charge in [-0.2, -0.15) is 0 Å². The number of rotatable bonds is 3. The first kappa shape index (κ1) is 16.6. The molecular formula is C21H24N4O. The van der Waals surface area contributed by atoms with E-state index in [1.165, 1.54) is 5.69 Å². The number of carbonyl (C=O) groups is 1. The van der Waals surface area contributed by atoms with Crippen molar-refractivity contribution in [1.29, 1.82) is 0 Å². The molecule has 26 heavy (non-hydrogen) atoms. The maximum atomic E-state index is 12.7. The van der Waals surface area contributed by atoms with Gasteiger partial charge in [-0.15, -0.1) is 0 Å². The molecule has 1 amide bonds. The number of carbonyl (C=O) groups excluding carboxylic acids is 1. The van der Waals surface area contributed by atoms with Crippen LogP contribution in [0, 0.1) is 6.92 Å². The van der Waals surface area contributed by atoms with Crippen molar-refractivity contribution in [3.63, 3.8) is 0 Å². The zero-order valence-electron chi connectivity index (χ0n) is 15.3. The third-order valence-corrected chi connectivity index (χ3v) is 5.29. The standard InChI is InChI=1S/C21H24N4O/c1-16-15-22-20(17-7-4-3-5-8-17)25(16)18-10-13-24(14-11-18)21(26)19-9-6-12-23(19)2/h3-9,12,15,18H,10-11,13-14H2,1-2H3. The van der Waals surface area contributed by atoms with Gasteiger partial charge in [0.05, 0.1) is 0 Å². The molecule has 0 N–H and O–H groups in total. The number of amides is 1. The number of benzene rings is 1. The van der Waals surface area contributed by atoms with E-state index in [2.05, 4.69) is 28.6 Å². The Kier molecular flexibility index (Phi) is 4.37. The topological polar surface area (TPSA) is 43.1 Å². The van der Waals surface area contributed by atoms with Crippen molar-refractivity contribution in [3.05, 3.63) is 66.2 Å². The molecule has 0 spiro atoms. The van der Waals surface area contributed by atoms with E-state index in [0.29, 0.717) is 6.04 Å². The van der Waals surface area contributed by atoms with E-state index in [-0.39, 0.29) is 5.91 Å². The van der Waals surface area contributed by atoms with E-state index >= 15 is 0 Å². The van der Waals surface area contributed by atoms with E-state index in [1.807, 2.05) is 59.2 Å². The van der Waals surface area contributed by atoms with Gasteiger partial charge in [-0.25, -0.2) is 4.98 Å². The summed E-state index contributed by atoms with van der Waals surface area (Å²) in [6.07, 6.45) is 5.77. The van der Waals surface area contributed by atoms with Crippen molar-refractivity contribution in [2.75, 3.05) is 13.1 Å². The van der Waals surface area contributed by atoms with Crippen molar-refractivity contribution < 1.29 is 4.79 Å². The van der Waals surface area contributed by atoms with Crippen molar-refractivity contribution in [2.24, 2.45) is 7.05 Å². The summed E-state index contributed by atoms with van der Waals surface area (Å²) in [5.41, 5.74) is 3.08. The number of imidazole rings is 1. The van der Waals surface area contributed by atoms with Crippen LogP contribution in [0.2, 0.25) is 0 Å². The van der Waals surface area contributed by atoms with Gasteiger partial charge in [0.2, 0.25) is 0 Å². The largest absolute Gasteiger partial charge is 0.347 e. The SMILES string of the molecule is Cc1cnc(-c2ccccc2)n1C1CCN(C(=O)c2cccn2C)CC1. The van der Waals surface area contributed by atoms with E-state index in [9.17, 15) is 4.79 Å². The Morgan fingerprint density at radius 2 is 1.81 bits per heavy atom. The molecule has 0 aliphatic carbocycles. The van der Waals surface area contributed by atoms with Gasteiger partial charge in [0.1, 0.15) is 11.5 Å². The summed E-state index contributed by atoms with van der Waals surface area (Å²) in [6.45, 7) is 3.67. The van der Waals surface area contributed by atoms with E-state index in [1.54, 1.807) is 0 Å². The third-order valence-electron chi connectivity index (χ3n) is 5.29. The quantitative estimate of drug-likeness (QED) is 0.725. The minimum absolute atomic E-state index is 0.126. The average molecular weight is 348 g/mol. The first-order chi connectivity index (χ1) is 12.6. The maximum absolute atomic E-state index is 12.7. The van der Waals surface area contributed by atoms with Crippen LogP contribution in [-0.2, 0) is 7.05 Å². The molecular weight excluding hydrogens is 324 g/mol. The first-order valence-corrected chi connectivity index (χ1v) is 9.15. The van der Waals surface area contributed by atoms with Crippen molar-refractivity contribution >= 4 is 5.91 Å². The highest BCUT2D eigenvalue weighted by Crippen LogP contribution is 2.30. The molecule has 3 aromatic rings. The van der Waals surface area contributed by atoms with Crippen molar-refractivity contribution in [1.82, 2.24) is 19.0 Å². The van der Waals surface area contributed by atoms with E-state index in [4.69, 9.17) is 0 Å². The van der Waals surface area contributed by atoms with Gasteiger partial charge in [0, 0.05) is 49.8 Å². The number of nitrogens with zero attached hydrogens (tertiary/aromatic N) is 4. The zero-order valence-corrected chi connectivity index (χ0v) is 15.3. The molecule has 1 saturated heterocycles. The predicted octanol–water partition coefficient (Wildman–Crippen LogP) is 3.67. The van der Waals surface area contributed by atoms with E-state index in [0.717, 1.165) is 43.0 Å². The first-order valence-electron chi connectivity index (χ1n) is 9.15. The summed E-state index contributed by atoms with van der Waals surface area (Å²) in [4.78, 5) is 19.3. The number of likely N-dealkylation sites (tertiary alicyclic amines) is 1. The smallest absolute Gasteiger partial charge is 0.270 e. The lowest BCUT2D eigenvalue weighted by molar-refractivity contribution is 0.0685. The average Bonchev–Trinajstić information content (AvgIpc) is 3.27. The number of hydrogen-bond acceptors (Lipinski definition) is 2. The Bertz CT molecular complexity index is 901. The summed E-state index contributed by atoms with van der Waals surface area (Å²) in [5.74, 6) is 1.15. The third kappa shape index (κ3) is 2.94. The van der Waals surface area contributed by atoms with Crippen LogP contribution in [0.25, 0.3) is 11.4 Å². The summed E-state index contributed by atoms with van der Waals surface area (Å²) in [7, 11) is 1.92. The highest BCUT2D eigenvalue weighted by molar-refractivity contribution is 5.92. The summed E-state index contributed by atoms with van der Waals surface area (Å²) < 4.78 is 4.24. The van der Waals surface area contributed by atoms with Crippen molar-refractivity contribution in [2.45, 2.75) is 25.8 Å². The minimum Gasteiger partial charge on any atom is -0.347 e. The normalized spacial score (nSPS) is 15.4. The van der Waals surface area contributed by atoms with Crippen LogP contribution in [0.15, 0.2) is 54.9 Å². The van der Waals surface area contributed by atoms with Crippen LogP contribution in [0.5, 0.6) is 0 Å². The maximum Gasteiger partial charge on any atom is 0.270 e. The molecule has 1 fully saturated rings. The van der Waals surface area contributed by atoms with Gasteiger partial charge < -0.3 is 14.0 Å². The van der Waals surface area contributed by atoms with E-state index < -0.39 is 0 Å². The highest BCUT2D eigenvalue weighted by atomic mass is 16.2. The van der Waals surface area contributed by atoms with Gasteiger partial charge in [-0.3, -0.25) is 4.79 Å². The van der Waals surface area contributed by atoms with Gasteiger partial charge in [0.25, 0.3) is 5.91 Å². The Morgan fingerprint density at radius 1 is 1.08 bits per heavy atom. The van der Waals surface area contributed by atoms with Gasteiger partial charge >= 0.3 is 0 Å². The monoisotopic (exact) mass is 348 g/mol. The summed E-state index contributed by atoms with van der Waals surface area (Å²) in [5, 5.41) is 0. The van der Waals surface area contributed by atoms with Gasteiger partial charge in [0.15, 0.2) is 0 Å². The van der Waals surface area contributed by atoms with Crippen LogP contribution in [0.4, 0.5) is 0 Å². The zero-order chi connectivity index (χ0) is 18.1. The predicted molar refractivity (Wildman–Crippen MR) is 102 cm³/mol. The Labute approximate surface area is 153 Å².